The first-order valence-electron chi connectivity index (χ1n) is 8.25. The van der Waals surface area contributed by atoms with E-state index < -0.39 is 0 Å². The molecule has 8 nitrogen and oxygen atoms in total. The van der Waals surface area contributed by atoms with E-state index in [2.05, 4.69) is 30.3 Å². The molecule has 1 saturated carbocycles. The molecule has 1 N–H and O–H groups in total. The highest BCUT2D eigenvalue weighted by atomic mass is 16.5. The molecule has 4 aromatic rings. The molecule has 0 radical (unpaired) electrons. The van der Waals surface area contributed by atoms with Gasteiger partial charge in [-0.3, -0.25) is 5.10 Å². The van der Waals surface area contributed by atoms with Crippen LogP contribution in [0.5, 0.6) is 11.6 Å². The number of aromatic amines is 1. The summed E-state index contributed by atoms with van der Waals surface area (Å²) in [6, 6.07) is 13.2. The summed E-state index contributed by atoms with van der Waals surface area (Å²) in [7, 11) is 0. The van der Waals surface area contributed by atoms with Gasteiger partial charge in [0.2, 0.25) is 17.6 Å². The molecular weight excluding hydrogens is 332 g/mol. The minimum absolute atomic E-state index is 0.192. The lowest BCUT2D eigenvalue weighted by atomic mass is 10.2. The first-order valence-corrected chi connectivity index (χ1v) is 8.25. The summed E-state index contributed by atoms with van der Waals surface area (Å²) in [4.78, 5) is 13.0. The van der Waals surface area contributed by atoms with Crippen molar-refractivity contribution in [2.24, 2.45) is 0 Å². The quantitative estimate of drug-likeness (QED) is 0.591. The molecule has 1 fully saturated rings. The Morgan fingerprint density at radius 1 is 1.04 bits per heavy atom. The monoisotopic (exact) mass is 346 g/mol. The van der Waals surface area contributed by atoms with Gasteiger partial charge in [0.25, 0.3) is 0 Å². The van der Waals surface area contributed by atoms with Gasteiger partial charge in [-0.15, -0.1) is 0 Å². The highest BCUT2D eigenvalue weighted by molar-refractivity contribution is 5.53. The molecule has 0 bridgehead atoms. The topological polar surface area (TPSA) is 103 Å². The predicted molar refractivity (Wildman–Crippen MR) is 90.5 cm³/mol. The van der Waals surface area contributed by atoms with Crippen LogP contribution in [0.1, 0.15) is 30.0 Å². The fraction of sp³-hybridized carbons (Fsp3) is 0.167. The number of rotatable bonds is 5. The Labute approximate surface area is 148 Å². The normalized spacial score (nSPS) is 18.6. The summed E-state index contributed by atoms with van der Waals surface area (Å²) in [6.07, 6.45) is 4.11. The Balaban J connectivity index is 1.29. The number of nitrogens with zero attached hydrogens (tertiary/aromatic N) is 5. The SMILES string of the molecule is c1ccc(Oc2ccc(-c3noc(C4CC4c4ncn[nH]4)n3)cn2)cc1. The molecule has 2 atom stereocenters. The van der Waals surface area contributed by atoms with E-state index in [1.165, 1.54) is 6.33 Å². The Morgan fingerprint density at radius 3 is 2.73 bits per heavy atom. The molecule has 0 spiro atoms. The Kier molecular flexibility index (Phi) is 3.45. The van der Waals surface area contributed by atoms with E-state index in [-0.39, 0.29) is 11.8 Å². The van der Waals surface area contributed by atoms with E-state index in [1.807, 2.05) is 36.4 Å². The molecule has 2 unspecified atom stereocenters. The van der Waals surface area contributed by atoms with Crippen LogP contribution in [0.4, 0.5) is 0 Å². The number of hydrogen-bond acceptors (Lipinski definition) is 7. The van der Waals surface area contributed by atoms with Gasteiger partial charge in [-0.05, 0) is 24.6 Å². The average Bonchev–Trinajstić information content (AvgIpc) is 3.10. The van der Waals surface area contributed by atoms with Crippen molar-refractivity contribution in [3.63, 3.8) is 0 Å². The predicted octanol–water partition coefficient (Wildman–Crippen LogP) is 3.31. The van der Waals surface area contributed by atoms with Gasteiger partial charge in [-0.1, -0.05) is 23.4 Å². The van der Waals surface area contributed by atoms with Gasteiger partial charge in [0.1, 0.15) is 17.9 Å². The third-order valence-corrected chi connectivity index (χ3v) is 4.29. The number of hydrogen-bond donors (Lipinski definition) is 1. The first-order chi connectivity index (χ1) is 12.9. The van der Waals surface area contributed by atoms with E-state index >= 15 is 0 Å². The highest BCUT2D eigenvalue weighted by Crippen LogP contribution is 2.53. The van der Waals surface area contributed by atoms with Gasteiger partial charge < -0.3 is 9.26 Å². The Morgan fingerprint density at radius 2 is 1.96 bits per heavy atom. The third kappa shape index (κ3) is 2.81. The second-order valence-corrected chi connectivity index (χ2v) is 6.08. The van der Waals surface area contributed by atoms with Gasteiger partial charge in [0.15, 0.2) is 0 Å². The van der Waals surface area contributed by atoms with E-state index in [0.29, 0.717) is 17.6 Å². The van der Waals surface area contributed by atoms with Crippen LogP contribution in [-0.4, -0.2) is 30.3 Å². The third-order valence-electron chi connectivity index (χ3n) is 4.29. The smallest absolute Gasteiger partial charge is 0.230 e. The van der Waals surface area contributed by atoms with E-state index in [4.69, 9.17) is 9.26 Å². The molecule has 0 saturated heterocycles. The number of aromatic nitrogens is 6. The first kappa shape index (κ1) is 14.8. The van der Waals surface area contributed by atoms with Crippen molar-refractivity contribution in [3.8, 4) is 23.0 Å². The Hall–Kier alpha value is -3.55. The average molecular weight is 346 g/mol. The zero-order chi connectivity index (χ0) is 17.3. The summed E-state index contributed by atoms with van der Waals surface area (Å²) in [5, 5.41) is 10.8. The molecule has 128 valence electrons. The fourth-order valence-electron chi connectivity index (χ4n) is 2.85. The summed E-state index contributed by atoms with van der Waals surface area (Å²) in [5.41, 5.74) is 0.775. The molecule has 3 heterocycles. The van der Waals surface area contributed by atoms with Crippen LogP contribution in [0.25, 0.3) is 11.4 Å². The number of benzene rings is 1. The lowest BCUT2D eigenvalue weighted by Gasteiger charge is -2.04. The molecule has 1 aliphatic carbocycles. The highest BCUT2D eigenvalue weighted by Gasteiger charge is 2.45. The molecule has 8 heteroatoms. The van der Waals surface area contributed by atoms with E-state index in [0.717, 1.165) is 23.6 Å². The maximum atomic E-state index is 5.69. The standard InChI is InChI=1S/C18H14N6O2/c1-2-4-12(5-3-1)25-15-7-6-11(9-19-15)16-22-18(26-24-16)14-8-13(14)17-20-10-21-23-17/h1-7,9-10,13-14H,8H2,(H,20,21,23). The van der Waals surface area contributed by atoms with Crippen LogP contribution in [0.15, 0.2) is 59.5 Å². The molecule has 5 rings (SSSR count). The maximum Gasteiger partial charge on any atom is 0.230 e. The van der Waals surface area contributed by atoms with Crippen molar-refractivity contribution in [2.75, 3.05) is 0 Å². The Bertz CT molecular complexity index is 998. The minimum atomic E-state index is 0.192. The number of H-pyrrole nitrogens is 1. The van der Waals surface area contributed by atoms with Crippen LogP contribution in [0.3, 0.4) is 0 Å². The van der Waals surface area contributed by atoms with Gasteiger partial charge >= 0.3 is 0 Å². The van der Waals surface area contributed by atoms with E-state index in [1.54, 1.807) is 12.3 Å². The molecule has 1 aliphatic rings. The van der Waals surface area contributed by atoms with Crippen LogP contribution < -0.4 is 4.74 Å². The largest absolute Gasteiger partial charge is 0.439 e. The van der Waals surface area contributed by atoms with Crippen LogP contribution in [-0.2, 0) is 0 Å². The summed E-state index contributed by atoms with van der Waals surface area (Å²) >= 11 is 0. The second-order valence-electron chi connectivity index (χ2n) is 6.08. The fourth-order valence-corrected chi connectivity index (χ4v) is 2.85. The summed E-state index contributed by atoms with van der Waals surface area (Å²) in [5.74, 6) is 3.70. The molecule has 3 aromatic heterocycles. The van der Waals surface area contributed by atoms with Gasteiger partial charge in [0.05, 0.1) is 0 Å². The molecule has 1 aromatic carbocycles. The van der Waals surface area contributed by atoms with Crippen molar-refractivity contribution >= 4 is 0 Å². The zero-order valence-corrected chi connectivity index (χ0v) is 13.6. The lowest BCUT2D eigenvalue weighted by molar-refractivity contribution is 0.378. The van der Waals surface area contributed by atoms with Crippen LogP contribution in [0.2, 0.25) is 0 Å². The van der Waals surface area contributed by atoms with Crippen molar-refractivity contribution in [1.29, 1.82) is 0 Å². The number of nitrogens with one attached hydrogen (secondary N) is 1. The number of ether oxygens (including phenoxy) is 1. The number of pyridine rings is 1. The van der Waals surface area contributed by atoms with Crippen LogP contribution in [0, 0.1) is 0 Å². The van der Waals surface area contributed by atoms with Crippen molar-refractivity contribution < 1.29 is 9.26 Å². The van der Waals surface area contributed by atoms with Crippen molar-refractivity contribution in [3.05, 3.63) is 66.7 Å². The van der Waals surface area contributed by atoms with Gasteiger partial charge in [0, 0.05) is 29.7 Å². The molecular formula is C18H14N6O2. The van der Waals surface area contributed by atoms with Crippen LogP contribution >= 0.6 is 0 Å². The summed E-state index contributed by atoms with van der Waals surface area (Å²) < 4.78 is 11.1. The summed E-state index contributed by atoms with van der Waals surface area (Å²) in [6.45, 7) is 0. The van der Waals surface area contributed by atoms with Gasteiger partial charge in [-0.25, -0.2) is 9.97 Å². The molecule has 0 aliphatic heterocycles. The maximum absolute atomic E-state index is 5.69. The second kappa shape index (κ2) is 6.07. The minimum Gasteiger partial charge on any atom is -0.439 e. The van der Waals surface area contributed by atoms with Crippen molar-refractivity contribution in [1.82, 2.24) is 30.3 Å². The number of para-hydroxylation sites is 1. The van der Waals surface area contributed by atoms with E-state index in [9.17, 15) is 0 Å². The lowest BCUT2D eigenvalue weighted by Crippen LogP contribution is -1.89. The van der Waals surface area contributed by atoms with Gasteiger partial charge in [-0.2, -0.15) is 10.1 Å². The zero-order valence-electron chi connectivity index (χ0n) is 13.6. The molecule has 0 amide bonds. The van der Waals surface area contributed by atoms with Crippen molar-refractivity contribution in [2.45, 2.75) is 18.3 Å². The molecule has 26 heavy (non-hydrogen) atoms.